The van der Waals surface area contributed by atoms with Gasteiger partial charge in [-0.3, -0.25) is 0 Å². The van der Waals surface area contributed by atoms with Crippen molar-refractivity contribution in [1.82, 2.24) is 19.1 Å². The highest BCUT2D eigenvalue weighted by Crippen LogP contribution is 2.37. The van der Waals surface area contributed by atoms with Crippen molar-refractivity contribution in [2.24, 2.45) is 0 Å². The fraction of sp³-hybridized carbons (Fsp3) is 0.0435. The van der Waals surface area contributed by atoms with Gasteiger partial charge >= 0.3 is 0 Å². The normalized spacial score (nSPS) is 11.8. The van der Waals surface area contributed by atoms with E-state index in [4.69, 9.17) is 9.97 Å². The zero-order valence-corrected chi connectivity index (χ0v) is 27.8. The molecule has 0 fully saturated rings. The number of rotatable bonds is 4. The van der Waals surface area contributed by atoms with E-state index in [1.54, 1.807) is 0 Å². The van der Waals surface area contributed by atoms with Crippen LogP contribution in [0.5, 0.6) is 0 Å². The third-order valence-electron chi connectivity index (χ3n) is 10.0. The average molecular weight is 641 g/mol. The van der Waals surface area contributed by atoms with Crippen molar-refractivity contribution >= 4 is 54.5 Å². The van der Waals surface area contributed by atoms with Crippen LogP contribution in [-0.2, 0) is 0 Å². The summed E-state index contributed by atoms with van der Waals surface area (Å²) in [6.45, 7) is 4.31. The highest BCUT2D eigenvalue weighted by atomic mass is 15.0. The first kappa shape index (κ1) is 28.5. The van der Waals surface area contributed by atoms with Crippen molar-refractivity contribution < 1.29 is 0 Å². The van der Waals surface area contributed by atoms with Crippen LogP contribution in [0, 0.1) is 13.8 Å². The Morgan fingerprint density at radius 2 is 0.880 bits per heavy atom. The fourth-order valence-corrected chi connectivity index (χ4v) is 7.72. The molecule has 0 saturated carbocycles. The molecule has 0 aliphatic carbocycles. The van der Waals surface area contributed by atoms with E-state index in [1.807, 2.05) is 0 Å². The average Bonchev–Trinajstić information content (AvgIpc) is 3.66. The second-order valence-electron chi connectivity index (χ2n) is 13.3. The number of aryl methyl sites for hydroxylation is 2. The molecule has 3 aromatic heterocycles. The second kappa shape index (κ2) is 11.0. The summed E-state index contributed by atoms with van der Waals surface area (Å²) in [4.78, 5) is 10.5. The third-order valence-corrected chi connectivity index (χ3v) is 10.0. The van der Waals surface area contributed by atoms with Crippen molar-refractivity contribution in [2.75, 3.05) is 0 Å². The first-order valence-corrected chi connectivity index (χ1v) is 17.1. The first-order chi connectivity index (χ1) is 24.6. The molecule has 0 bridgehead atoms. The van der Waals surface area contributed by atoms with Crippen molar-refractivity contribution in [2.45, 2.75) is 13.8 Å². The molecule has 4 heteroatoms. The monoisotopic (exact) mass is 640 g/mol. The van der Waals surface area contributed by atoms with Gasteiger partial charge in [-0.25, -0.2) is 9.97 Å². The highest BCUT2D eigenvalue weighted by molar-refractivity contribution is 6.10. The van der Waals surface area contributed by atoms with Crippen LogP contribution in [0.15, 0.2) is 158 Å². The standard InChI is InChI=1S/C46H32N4/c1-29-21-23-37-35-15-4-7-19-41(35)49(43(37)25-29)33-13-9-11-31(27-33)45-39-17-3-6-18-40(39)47-46(48-45)32-12-10-14-34(28-32)50-42-20-8-5-16-36(42)38-24-22-30(2)26-44(38)50/h3-28H,1-2H3. The van der Waals surface area contributed by atoms with Gasteiger partial charge in [0.15, 0.2) is 5.82 Å². The first-order valence-electron chi connectivity index (χ1n) is 17.1. The molecule has 0 aliphatic heterocycles. The largest absolute Gasteiger partial charge is 0.309 e. The molecule has 50 heavy (non-hydrogen) atoms. The maximum Gasteiger partial charge on any atom is 0.160 e. The summed E-state index contributed by atoms with van der Waals surface area (Å²) >= 11 is 0. The van der Waals surface area contributed by atoms with Gasteiger partial charge in [0.05, 0.1) is 33.3 Å². The van der Waals surface area contributed by atoms with Crippen molar-refractivity contribution in [1.29, 1.82) is 0 Å². The molecule has 4 nitrogen and oxygen atoms in total. The molecule has 0 radical (unpaired) electrons. The van der Waals surface area contributed by atoms with Crippen LogP contribution in [0.3, 0.4) is 0 Å². The van der Waals surface area contributed by atoms with E-state index in [-0.39, 0.29) is 0 Å². The topological polar surface area (TPSA) is 35.6 Å². The van der Waals surface area contributed by atoms with Gasteiger partial charge < -0.3 is 9.13 Å². The lowest BCUT2D eigenvalue weighted by Crippen LogP contribution is -1.99. The zero-order chi connectivity index (χ0) is 33.3. The van der Waals surface area contributed by atoms with Crippen LogP contribution in [0.4, 0.5) is 0 Å². The van der Waals surface area contributed by atoms with Crippen LogP contribution in [-0.4, -0.2) is 19.1 Å². The lowest BCUT2D eigenvalue weighted by Gasteiger charge is -2.13. The SMILES string of the molecule is Cc1ccc2c3ccccc3n(-c3cccc(-c4nc(-c5cccc(-n6c7ccccc7c7ccc(C)cc76)c5)c5ccccc5n4)c3)c2c1. The predicted octanol–water partition coefficient (Wildman–Crippen LogP) is 11.8. The smallest absolute Gasteiger partial charge is 0.160 e. The molecule has 0 aliphatic rings. The van der Waals surface area contributed by atoms with Crippen molar-refractivity contribution in [3.05, 3.63) is 169 Å². The number of fused-ring (bicyclic) bond motifs is 7. The number of nitrogens with zero attached hydrogens (tertiary/aromatic N) is 4. The number of benzene rings is 7. The van der Waals surface area contributed by atoms with Crippen LogP contribution in [0.2, 0.25) is 0 Å². The molecule has 0 spiro atoms. The Hall–Kier alpha value is -6.52. The Morgan fingerprint density at radius 1 is 0.380 bits per heavy atom. The van der Waals surface area contributed by atoms with Gasteiger partial charge in [0.2, 0.25) is 0 Å². The summed E-state index contributed by atoms with van der Waals surface area (Å²) in [5.74, 6) is 0.704. The van der Waals surface area contributed by atoms with E-state index in [0.717, 1.165) is 39.1 Å². The summed E-state index contributed by atoms with van der Waals surface area (Å²) in [6.07, 6.45) is 0. The number of hydrogen-bond acceptors (Lipinski definition) is 2. The summed E-state index contributed by atoms with van der Waals surface area (Å²) < 4.78 is 4.74. The number of para-hydroxylation sites is 3. The third kappa shape index (κ3) is 4.39. The lowest BCUT2D eigenvalue weighted by atomic mass is 10.0. The Bertz CT molecular complexity index is 2960. The predicted molar refractivity (Wildman–Crippen MR) is 209 cm³/mol. The minimum absolute atomic E-state index is 0.704. The van der Waals surface area contributed by atoms with Crippen LogP contribution >= 0.6 is 0 Å². The summed E-state index contributed by atoms with van der Waals surface area (Å²) in [5, 5.41) is 6.03. The lowest BCUT2D eigenvalue weighted by molar-refractivity contribution is 1.16. The van der Waals surface area contributed by atoms with E-state index >= 15 is 0 Å². The van der Waals surface area contributed by atoms with Gasteiger partial charge in [-0.1, -0.05) is 103 Å². The Labute approximate surface area is 289 Å². The molecule has 0 N–H and O–H groups in total. The minimum atomic E-state index is 0.704. The van der Waals surface area contributed by atoms with Gasteiger partial charge in [0.1, 0.15) is 0 Å². The molecule has 236 valence electrons. The van der Waals surface area contributed by atoms with Gasteiger partial charge in [-0.05, 0) is 79.6 Å². The van der Waals surface area contributed by atoms with Gasteiger partial charge in [0, 0.05) is 49.4 Å². The van der Waals surface area contributed by atoms with E-state index in [1.165, 1.54) is 54.7 Å². The van der Waals surface area contributed by atoms with E-state index in [0.29, 0.717) is 5.82 Å². The number of aromatic nitrogens is 4. The Balaban J connectivity index is 1.16. The van der Waals surface area contributed by atoms with Crippen LogP contribution in [0.25, 0.3) is 88.5 Å². The quantitative estimate of drug-likeness (QED) is 0.192. The van der Waals surface area contributed by atoms with E-state index in [2.05, 4.69) is 181 Å². The molecule has 0 unspecified atom stereocenters. The molecule has 7 aromatic carbocycles. The van der Waals surface area contributed by atoms with Gasteiger partial charge in [-0.2, -0.15) is 0 Å². The van der Waals surface area contributed by atoms with Crippen LogP contribution < -0.4 is 0 Å². The Kier molecular flexibility index (Phi) is 6.27. The van der Waals surface area contributed by atoms with E-state index in [9.17, 15) is 0 Å². The van der Waals surface area contributed by atoms with Gasteiger partial charge in [0.25, 0.3) is 0 Å². The second-order valence-corrected chi connectivity index (χ2v) is 13.3. The maximum absolute atomic E-state index is 5.33. The maximum atomic E-state index is 5.33. The minimum Gasteiger partial charge on any atom is -0.309 e. The van der Waals surface area contributed by atoms with Crippen molar-refractivity contribution in [3.63, 3.8) is 0 Å². The molecule has 10 rings (SSSR count). The Morgan fingerprint density at radius 3 is 1.50 bits per heavy atom. The van der Waals surface area contributed by atoms with Crippen molar-refractivity contribution in [3.8, 4) is 34.0 Å². The molecule has 0 amide bonds. The molecule has 0 atom stereocenters. The summed E-state index contributed by atoms with van der Waals surface area (Å²) in [5.41, 5.74) is 13.3. The zero-order valence-electron chi connectivity index (χ0n) is 27.8. The van der Waals surface area contributed by atoms with E-state index < -0.39 is 0 Å². The molecule has 10 aromatic rings. The van der Waals surface area contributed by atoms with Gasteiger partial charge in [-0.15, -0.1) is 0 Å². The van der Waals surface area contributed by atoms with Crippen LogP contribution in [0.1, 0.15) is 11.1 Å². The molecular formula is C46H32N4. The molecular weight excluding hydrogens is 609 g/mol. The highest BCUT2D eigenvalue weighted by Gasteiger charge is 2.17. The molecule has 0 saturated heterocycles. The fourth-order valence-electron chi connectivity index (χ4n) is 7.72. The summed E-state index contributed by atoms with van der Waals surface area (Å²) in [7, 11) is 0. The number of hydrogen-bond donors (Lipinski definition) is 0. The summed E-state index contributed by atoms with van der Waals surface area (Å²) in [6, 6.07) is 56.5. The molecule has 3 heterocycles.